The smallest absolute Gasteiger partial charge is 0.188 e. The molecule has 0 saturated heterocycles. The number of carbonyl (C=O) groups excluding carboxylic acids is 4. The summed E-state index contributed by atoms with van der Waals surface area (Å²) in [5.41, 5.74) is 2.23. The van der Waals surface area contributed by atoms with Gasteiger partial charge >= 0.3 is 0 Å². The van der Waals surface area contributed by atoms with Crippen LogP contribution in [0.3, 0.4) is 0 Å². The van der Waals surface area contributed by atoms with Crippen LogP contribution in [-0.4, -0.2) is 34.6 Å². The maximum Gasteiger partial charge on any atom is 0.188 e. The highest BCUT2D eigenvalue weighted by atomic mass is 32.1. The molecule has 2 heterocycles. The molecule has 0 radical (unpaired) electrons. The lowest BCUT2D eigenvalue weighted by molar-refractivity contribution is -0.120. The minimum Gasteiger partial charge on any atom is -0.292 e. The van der Waals surface area contributed by atoms with E-state index in [9.17, 15) is 19.2 Å². The quantitative estimate of drug-likeness (QED) is 0.462. The predicted molar refractivity (Wildman–Crippen MR) is 145 cm³/mol. The predicted octanol–water partition coefficient (Wildman–Crippen LogP) is 6.18. The second kappa shape index (κ2) is 8.21. The summed E-state index contributed by atoms with van der Waals surface area (Å²) in [6, 6.07) is 4.03. The molecule has 2 aromatic rings. The lowest BCUT2D eigenvalue weighted by Crippen LogP contribution is -2.21. The molecule has 5 aliphatic carbocycles. The molecule has 37 heavy (non-hydrogen) atoms. The van der Waals surface area contributed by atoms with E-state index in [0.717, 1.165) is 72.2 Å². The fourth-order valence-corrected chi connectivity index (χ4v) is 9.73. The zero-order valence-electron chi connectivity index (χ0n) is 21.0. The molecule has 5 aliphatic rings. The highest BCUT2D eigenvalue weighted by Crippen LogP contribution is 2.58. The van der Waals surface area contributed by atoms with Crippen molar-refractivity contribution in [1.82, 2.24) is 0 Å². The number of hydrogen-bond donors (Lipinski definition) is 0. The van der Waals surface area contributed by atoms with Gasteiger partial charge in [-0.05, 0) is 48.9 Å². The molecular formula is C29H28N2O4S2. The third kappa shape index (κ3) is 3.34. The molecule has 4 saturated carbocycles. The standard InChI is InChI=1S/C29H28N2O4S2/c1-29(2)17-11-19(30-21-23(32)13-7-3-4-8-14(13)24(21)33)36-27(17)28-18(29)12-20(37-28)31-22-25(34)15-9-5-6-10-16(15)26(22)35/h11-16H,3-10H2,1-2H3. The third-order valence-corrected chi connectivity index (χ3v) is 11.5. The lowest BCUT2D eigenvalue weighted by atomic mass is 9.81. The molecule has 0 amide bonds. The zero-order valence-corrected chi connectivity index (χ0v) is 22.6. The first kappa shape index (κ1) is 23.5. The van der Waals surface area contributed by atoms with Crippen molar-refractivity contribution in [3.63, 3.8) is 0 Å². The summed E-state index contributed by atoms with van der Waals surface area (Å²) in [5, 5.41) is 1.37. The molecule has 0 N–H and O–H groups in total. The molecule has 190 valence electrons. The number of hydrogen-bond acceptors (Lipinski definition) is 8. The first-order valence-electron chi connectivity index (χ1n) is 13.4. The van der Waals surface area contributed by atoms with Gasteiger partial charge in [0.2, 0.25) is 0 Å². The van der Waals surface area contributed by atoms with E-state index in [2.05, 4.69) is 23.8 Å². The average molecular weight is 533 g/mol. The van der Waals surface area contributed by atoms with Crippen LogP contribution >= 0.6 is 22.7 Å². The van der Waals surface area contributed by atoms with Gasteiger partial charge in [0.25, 0.3) is 0 Å². The van der Waals surface area contributed by atoms with E-state index in [-0.39, 0.29) is 63.6 Å². The van der Waals surface area contributed by atoms with E-state index in [1.807, 2.05) is 12.1 Å². The number of aliphatic imine (C=N–C) groups is 2. The Hall–Kier alpha value is -2.58. The zero-order chi connectivity index (χ0) is 25.6. The Morgan fingerprint density at radius 1 is 0.622 bits per heavy atom. The van der Waals surface area contributed by atoms with Gasteiger partial charge in [-0.15, -0.1) is 22.7 Å². The average Bonchev–Trinajstić information content (AvgIpc) is 3.66. The Labute approximate surface area is 223 Å². The van der Waals surface area contributed by atoms with Crippen molar-refractivity contribution in [1.29, 1.82) is 0 Å². The van der Waals surface area contributed by atoms with Gasteiger partial charge in [-0.1, -0.05) is 39.5 Å². The first-order valence-corrected chi connectivity index (χ1v) is 15.0. The maximum atomic E-state index is 13.0. The Bertz CT molecular complexity index is 1310. The lowest BCUT2D eigenvalue weighted by Gasteiger charge is -2.20. The largest absolute Gasteiger partial charge is 0.292 e. The van der Waals surface area contributed by atoms with Gasteiger partial charge in [0.15, 0.2) is 34.6 Å². The number of Topliss-reactive ketones (excluding diaryl/α,β-unsaturated/α-hetero) is 4. The number of thiophene rings is 2. The Kier molecular flexibility index (Phi) is 5.22. The van der Waals surface area contributed by atoms with Crippen LogP contribution in [0.25, 0.3) is 9.75 Å². The molecule has 0 bridgehead atoms. The van der Waals surface area contributed by atoms with Crippen LogP contribution in [0.5, 0.6) is 0 Å². The monoisotopic (exact) mass is 532 g/mol. The summed E-state index contributed by atoms with van der Waals surface area (Å²) in [7, 11) is 0. The van der Waals surface area contributed by atoms with E-state index < -0.39 is 0 Å². The van der Waals surface area contributed by atoms with E-state index in [0.29, 0.717) is 10.0 Å². The summed E-state index contributed by atoms with van der Waals surface area (Å²) in [4.78, 5) is 63.2. The minimum atomic E-state index is -0.302. The van der Waals surface area contributed by atoms with Gasteiger partial charge < -0.3 is 0 Å². The van der Waals surface area contributed by atoms with Crippen molar-refractivity contribution >= 4 is 67.2 Å². The first-order chi connectivity index (χ1) is 17.8. The van der Waals surface area contributed by atoms with E-state index in [1.54, 1.807) is 0 Å². The van der Waals surface area contributed by atoms with Crippen molar-refractivity contribution in [2.75, 3.05) is 0 Å². The summed E-state index contributed by atoms with van der Waals surface area (Å²) in [5.74, 6) is -1.05. The number of ketones is 4. The minimum absolute atomic E-state index is 0.0797. The van der Waals surface area contributed by atoms with Crippen molar-refractivity contribution in [3.05, 3.63) is 23.3 Å². The highest BCUT2D eigenvalue weighted by molar-refractivity contribution is 7.26. The van der Waals surface area contributed by atoms with Gasteiger partial charge in [0, 0.05) is 29.1 Å². The fraction of sp³-hybridized carbons (Fsp3) is 0.517. The van der Waals surface area contributed by atoms with Crippen molar-refractivity contribution in [2.45, 2.75) is 70.6 Å². The van der Waals surface area contributed by atoms with E-state index in [1.165, 1.54) is 22.7 Å². The van der Waals surface area contributed by atoms with Gasteiger partial charge in [0.05, 0.1) is 9.75 Å². The molecule has 7 rings (SSSR count). The van der Waals surface area contributed by atoms with Crippen LogP contribution in [-0.2, 0) is 24.6 Å². The SMILES string of the molecule is CC1(C)c2cc(N=C3C(=O)C4CCCCC4C3=O)sc2-c2sc(N=C3C(=O)C4CCCCC4C3=O)cc21. The number of rotatable bonds is 2. The molecular weight excluding hydrogens is 504 g/mol. The van der Waals surface area contributed by atoms with Crippen molar-refractivity contribution in [2.24, 2.45) is 33.7 Å². The van der Waals surface area contributed by atoms with Gasteiger partial charge in [0.1, 0.15) is 10.0 Å². The summed E-state index contributed by atoms with van der Waals surface area (Å²) < 4.78 is 0. The van der Waals surface area contributed by atoms with Crippen LogP contribution < -0.4 is 0 Å². The van der Waals surface area contributed by atoms with Gasteiger partial charge in [-0.25, -0.2) is 9.98 Å². The molecule has 0 aromatic carbocycles. The number of nitrogens with zero attached hydrogens (tertiary/aromatic N) is 2. The second-order valence-electron chi connectivity index (χ2n) is 11.7. The van der Waals surface area contributed by atoms with Crippen LogP contribution in [0.2, 0.25) is 0 Å². The normalized spacial score (nSPS) is 29.9. The molecule has 0 aliphatic heterocycles. The molecule has 4 atom stereocenters. The molecule has 4 fully saturated rings. The maximum absolute atomic E-state index is 13.0. The number of carbonyl (C=O) groups is 4. The van der Waals surface area contributed by atoms with Crippen LogP contribution in [0.4, 0.5) is 10.0 Å². The third-order valence-electron chi connectivity index (χ3n) is 9.25. The molecule has 0 spiro atoms. The Balaban J connectivity index is 1.23. The van der Waals surface area contributed by atoms with Gasteiger partial charge in [-0.2, -0.15) is 0 Å². The Morgan fingerprint density at radius 3 is 1.27 bits per heavy atom. The summed E-state index contributed by atoms with van der Waals surface area (Å²) >= 11 is 3.00. The van der Waals surface area contributed by atoms with Gasteiger partial charge in [-0.3, -0.25) is 19.2 Å². The molecule has 6 nitrogen and oxygen atoms in total. The van der Waals surface area contributed by atoms with Crippen LogP contribution in [0, 0.1) is 23.7 Å². The molecule has 4 unspecified atom stereocenters. The molecule has 8 heteroatoms. The van der Waals surface area contributed by atoms with E-state index in [4.69, 9.17) is 0 Å². The number of fused-ring (bicyclic) bond motifs is 5. The van der Waals surface area contributed by atoms with E-state index >= 15 is 0 Å². The molecule has 2 aromatic heterocycles. The topological polar surface area (TPSA) is 93.0 Å². The second-order valence-corrected chi connectivity index (χ2v) is 13.7. The summed E-state index contributed by atoms with van der Waals surface area (Å²) in [6.45, 7) is 4.29. The van der Waals surface area contributed by atoms with Crippen molar-refractivity contribution < 1.29 is 19.2 Å². The highest BCUT2D eigenvalue weighted by Gasteiger charge is 2.49. The fourth-order valence-electron chi connectivity index (χ4n) is 7.18. The van der Waals surface area contributed by atoms with Crippen LogP contribution in [0.1, 0.15) is 76.3 Å². The summed E-state index contributed by atoms with van der Waals surface area (Å²) in [6.07, 6.45) is 7.17. The Morgan fingerprint density at radius 2 is 0.946 bits per heavy atom. The van der Waals surface area contributed by atoms with Crippen LogP contribution in [0.15, 0.2) is 22.1 Å². The van der Waals surface area contributed by atoms with Crippen molar-refractivity contribution in [3.8, 4) is 9.75 Å².